The normalized spacial score (nSPS) is 12.8. The van der Waals surface area contributed by atoms with Crippen LogP contribution in [-0.4, -0.2) is 9.55 Å². The number of hydrogen-bond donors (Lipinski definition) is 0. The number of nitrogens with zero attached hydrogens (tertiary/aromatic N) is 2. The number of rotatable bonds is 1. The molecular weight excluding hydrogens is 340 g/mol. The zero-order valence-electron chi connectivity index (χ0n) is 18.1. The number of hydrogen-bond acceptors (Lipinski definition) is 1. The Morgan fingerprint density at radius 2 is 1.18 bits per heavy atom. The van der Waals surface area contributed by atoms with E-state index in [0.717, 1.165) is 5.82 Å². The molecule has 0 aliphatic carbocycles. The Morgan fingerprint density at radius 3 is 1.57 bits per heavy atom. The fourth-order valence-electron chi connectivity index (χ4n) is 3.80. The van der Waals surface area contributed by atoms with E-state index >= 15 is 0 Å². The highest BCUT2D eigenvalue weighted by Gasteiger charge is 2.20. The van der Waals surface area contributed by atoms with Crippen molar-refractivity contribution in [1.29, 1.82) is 0 Å². The second-order valence-corrected chi connectivity index (χ2v) is 9.99. The van der Waals surface area contributed by atoms with Gasteiger partial charge in [0, 0.05) is 17.0 Å². The van der Waals surface area contributed by atoms with E-state index in [2.05, 4.69) is 102 Å². The molecule has 0 saturated heterocycles. The molecule has 2 nitrogen and oxygen atoms in total. The second kappa shape index (κ2) is 6.20. The van der Waals surface area contributed by atoms with Crippen molar-refractivity contribution >= 4 is 21.8 Å². The smallest absolute Gasteiger partial charge is 0.137 e. The molecule has 0 amide bonds. The monoisotopic (exact) mass is 370 g/mol. The molecule has 2 heteroatoms. The Morgan fingerprint density at radius 1 is 0.679 bits per heavy atom. The quantitative estimate of drug-likeness (QED) is 0.350. The molecule has 0 aliphatic heterocycles. The zero-order valence-corrected chi connectivity index (χ0v) is 18.1. The highest BCUT2D eigenvalue weighted by molar-refractivity contribution is 6.09. The van der Waals surface area contributed by atoms with Crippen LogP contribution in [0.15, 0.2) is 54.7 Å². The summed E-state index contributed by atoms with van der Waals surface area (Å²) in [6.45, 7) is 15.7. The predicted octanol–water partition coefficient (Wildman–Crippen LogP) is 7.08. The summed E-state index contributed by atoms with van der Waals surface area (Å²) in [5.41, 5.74) is 6.55. The highest BCUT2D eigenvalue weighted by atomic mass is 15.1. The lowest BCUT2D eigenvalue weighted by Crippen LogP contribution is -2.10. The molecule has 0 N–H and O–H groups in total. The van der Waals surface area contributed by atoms with Crippen LogP contribution in [0.25, 0.3) is 27.6 Å². The van der Waals surface area contributed by atoms with Crippen molar-refractivity contribution in [3.05, 3.63) is 71.4 Å². The number of fused-ring (bicyclic) bond motifs is 3. The Balaban J connectivity index is 2.11. The van der Waals surface area contributed by atoms with Crippen LogP contribution in [0.5, 0.6) is 0 Å². The van der Waals surface area contributed by atoms with E-state index < -0.39 is 0 Å². The highest BCUT2D eigenvalue weighted by Crippen LogP contribution is 2.37. The van der Waals surface area contributed by atoms with Crippen molar-refractivity contribution < 1.29 is 0 Å². The van der Waals surface area contributed by atoms with Gasteiger partial charge in [-0.15, -0.1) is 0 Å². The van der Waals surface area contributed by atoms with Gasteiger partial charge >= 0.3 is 0 Å². The van der Waals surface area contributed by atoms with Crippen LogP contribution in [0.4, 0.5) is 0 Å². The standard InChI is InChI=1S/C26H30N2/c1-17-8-13-24(27-16-17)28-22-11-9-18(25(2,3)4)14-20(22)21-15-19(26(5,6)7)10-12-23(21)28/h8-16H,1-7H3. The number of aryl methyl sites for hydroxylation is 1. The van der Waals surface area contributed by atoms with E-state index in [1.807, 2.05) is 6.20 Å². The molecule has 2 heterocycles. The molecule has 0 atom stereocenters. The van der Waals surface area contributed by atoms with Gasteiger partial charge in [-0.25, -0.2) is 4.98 Å². The first-order valence-electron chi connectivity index (χ1n) is 10.1. The summed E-state index contributed by atoms with van der Waals surface area (Å²) in [6, 6.07) is 18.0. The maximum absolute atomic E-state index is 4.73. The second-order valence-electron chi connectivity index (χ2n) is 9.99. The first kappa shape index (κ1) is 18.7. The van der Waals surface area contributed by atoms with Gasteiger partial charge in [0.15, 0.2) is 0 Å². The molecule has 4 aromatic rings. The molecule has 0 saturated carbocycles. The number of benzene rings is 2. The lowest BCUT2D eigenvalue weighted by Gasteiger charge is -2.19. The van der Waals surface area contributed by atoms with Crippen LogP contribution < -0.4 is 0 Å². The average molecular weight is 371 g/mol. The van der Waals surface area contributed by atoms with Gasteiger partial charge in [-0.2, -0.15) is 0 Å². The number of aromatic nitrogens is 2. The average Bonchev–Trinajstić information content (AvgIpc) is 2.94. The van der Waals surface area contributed by atoms with Gasteiger partial charge in [0.1, 0.15) is 5.82 Å². The first-order valence-corrected chi connectivity index (χ1v) is 10.1. The van der Waals surface area contributed by atoms with Crippen molar-refractivity contribution in [2.75, 3.05) is 0 Å². The molecule has 28 heavy (non-hydrogen) atoms. The Hall–Kier alpha value is -2.61. The summed E-state index contributed by atoms with van der Waals surface area (Å²) >= 11 is 0. The van der Waals surface area contributed by atoms with Crippen LogP contribution >= 0.6 is 0 Å². The first-order chi connectivity index (χ1) is 13.1. The van der Waals surface area contributed by atoms with E-state index in [1.54, 1.807) is 0 Å². The molecule has 4 rings (SSSR count). The third-order valence-corrected chi connectivity index (χ3v) is 5.62. The third-order valence-electron chi connectivity index (χ3n) is 5.62. The van der Waals surface area contributed by atoms with Gasteiger partial charge in [-0.05, 0) is 64.8 Å². The molecule has 2 aromatic carbocycles. The van der Waals surface area contributed by atoms with Crippen molar-refractivity contribution in [3.63, 3.8) is 0 Å². The van der Waals surface area contributed by atoms with E-state index in [4.69, 9.17) is 4.98 Å². The lowest BCUT2D eigenvalue weighted by atomic mass is 9.85. The maximum atomic E-state index is 4.73. The van der Waals surface area contributed by atoms with E-state index in [1.165, 1.54) is 38.5 Å². The minimum atomic E-state index is 0.117. The molecule has 0 radical (unpaired) electrons. The van der Waals surface area contributed by atoms with Crippen molar-refractivity contribution in [2.45, 2.75) is 59.3 Å². The summed E-state index contributed by atoms with van der Waals surface area (Å²) in [6.07, 6.45) is 1.94. The molecule has 0 bridgehead atoms. The predicted molar refractivity (Wildman–Crippen MR) is 121 cm³/mol. The minimum absolute atomic E-state index is 0.117. The van der Waals surface area contributed by atoms with Crippen LogP contribution in [0, 0.1) is 6.92 Å². The van der Waals surface area contributed by atoms with Gasteiger partial charge in [-0.3, -0.25) is 4.57 Å². The SMILES string of the molecule is Cc1ccc(-n2c3ccc(C(C)(C)C)cc3c3cc(C(C)(C)C)ccc32)nc1. The van der Waals surface area contributed by atoms with Gasteiger partial charge in [0.2, 0.25) is 0 Å². The molecule has 0 spiro atoms. The zero-order chi connectivity index (χ0) is 20.3. The van der Waals surface area contributed by atoms with E-state index in [0.29, 0.717) is 0 Å². The molecule has 2 aromatic heterocycles. The maximum Gasteiger partial charge on any atom is 0.137 e. The number of pyridine rings is 1. The molecular formula is C26H30N2. The van der Waals surface area contributed by atoms with Crippen LogP contribution in [-0.2, 0) is 10.8 Å². The van der Waals surface area contributed by atoms with E-state index in [9.17, 15) is 0 Å². The summed E-state index contributed by atoms with van der Waals surface area (Å²) in [7, 11) is 0. The fraction of sp³-hybridized carbons (Fsp3) is 0.346. The third kappa shape index (κ3) is 3.11. The van der Waals surface area contributed by atoms with Gasteiger partial charge in [-0.1, -0.05) is 59.7 Å². The van der Waals surface area contributed by atoms with Crippen molar-refractivity contribution in [2.24, 2.45) is 0 Å². The van der Waals surface area contributed by atoms with Crippen molar-refractivity contribution in [3.8, 4) is 5.82 Å². The van der Waals surface area contributed by atoms with Gasteiger partial charge in [0.05, 0.1) is 11.0 Å². The lowest BCUT2D eigenvalue weighted by molar-refractivity contribution is 0.590. The van der Waals surface area contributed by atoms with Gasteiger partial charge in [0.25, 0.3) is 0 Å². The summed E-state index contributed by atoms with van der Waals surface area (Å²) in [5, 5.41) is 2.60. The van der Waals surface area contributed by atoms with Crippen LogP contribution in [0.2, 0.25) is 0 Å². The topological polar surface area (TPSA) is 17.8 Å². The minimum Gasteiger partial charge on any atom is -0.294 e. The summed E-state index contributed by atoms with van der Waals surface area (Å²) in [4.78, 5) is 4.73. The van der Waals surface area contributed by atoms with Crippen molar-refractivity contribution in [1.82, 2.24) is 9.55 Å². The largest absolute Gasteiger partial charge is 0.294 e. The molecule has 0 aliphatic rings. The molecule has 144 valence electrons. The summed E-state index contributed by atoms with van der Waals surface area (Å²) < 4.78 is 2.29. The Labute approximate surface area is 168 Å². The van der Waals surface area contributed by atoms with E-state index in [-0.39, 0.29) is 10.8 Å². The summed E-state index contributed by atoms with van der Waals surface area (Å²) in [5.74, 6) is 0.970. The Kier molecular flexibility index (Phi) is 4.15. The van der Waals surface area contributed by atoms with Crippen LogP contribution in [0.1, 0.15) is 58.2 Å². The molecule has 0 unspecified atom stereocenters. The van der Waals surface area contributed by atoms with Crippen LogP contribution in [0.3, 0.4) is 0 Å². The Bertz CT molecular complexity index is 1090. The fourth-order valence-corrected chi connectivity index (χ4v) is 3.80. The molecule has 0 fully saturated rings. The van der Waals surface area contributed by atoms with Gasteiger partial charge < -0.3 is 0 Å².